The van der Waals surface area contributed by atoms with Gasteiger partial charge in [0, 0.05) is 28.9 Å². The molecule has 0 aliphatic carbocycles. The highest BCUT2D eigenvalue weighted by Crippen LogP contribution is 2.37. The zero-order valence-electron chi connectivity index (χ0n) is 26.4. The van der Waals surface area contributed by atoms with Crippen molar-refractivity contribution < 1.29 is 10.2 Å². The molecule has 2 N–H and O–H groups in total. The summed E-state index contributed by atoms with van der Waals surface area (Å²) in [5.41, 5.74) is 7.30. The van der Waals surface area contributed by atoms with Gasteiger partial charge in [0.05, 0.1) is 11.4 Å². The number of hydrogen-bond donors (Lipinski definition) is 2. The monoisotopic (exact) mass is 562 g/mol. The molecule has 4 heteroatoms. The maximum absolute atomic E-state index is 11.1. The summed E-state index contributed by atoms with van der Waals surface area (Å²) in [5, 5.41) is 24.2. The standard InChI is InChI=1S/C38H46N2O2/c1-23(2)15-27-17-30(37(41)32(19-27)25(5)6)21-39-34-13-9-11-29-12-10-14-35(36(29)34)40-22-31-18-28(16-24(3)4)20-33(26(7)8)38(31)42/h9-14,17-26,41-42H,15-16H2,1-8H3. The molecule has 0 radical (unpaired) electrons. The van der Waals surface area contributed by atoms with Crippen LogP contribution in [0.15, 0.2) is 70.6 Å². The van der Waals surface area contributed by atoms with Crippen LogP contribution in [0.3, 0.4) is 0 Å². The van der Waals surface area contributed by atoms with Crippen molar-refractivity contribution >= 4 is 34.6 Å². The first kappa shape index (κ1) is 31.0. The van der Waals surface area contributed by atoms with Gasteiger partial charge < -0.3 is 10.2 Å². The molecule has 0 atom stereocenters. The second kappa shape index (κ2) is 13.4. The topological polar surface area (TPSA) is 65.2 Å². The molecule has 4 aromatic rings. The molecular weight excluding hydrogens is 516 g/mol. The molecule has 0 fully saturated rings. The van der Waals surface area contributed by atoms with E-state index < -0.39 is 0 Å². The van der Waals surface area contributed by atoms with E-state index in [9.17, 15) is 10.2 Å². The van der Waals surface area contributed by atoms with Crippen LogP contribution in [0.1, 0.15) is 101 Å². The Balaban J connectivity index is 1.79. The van der Waals surface area contributed by atoms with Crippen LogP contribution < -0.4 is 0 Å². The van der Waals surface area contributed by atoms with Gasteiger partial charge in [0.1, 0.15) is 11.5 Å². The number of hydrogen-bond acceptors (Lipinski definition) is 4. The largest absolute Gasteiger partial charge is 0.507 e. The van der Waals surface area contributed by atoms with Crippen molar-refractivity contribution in [2.45, 2.75) is 80.1 Å². The molecule has 220 valence electrons. The van der Waals surface area contributed by atoms with Gasteiger partial charge in [0.2, 0.25) is 0 Å². The molecule has 0 saturated carbocycles. The predicted molar refractivity (Wildman–Crippen MR) is 180 cm³/mol. The second-order valence-corrected chi connectivity index (χ2v) is 12.9. The summed E-state index contributed by atoms with van der Waals surface area (Å²) >= 11 is 0. The Bertz CT molecular complexity index is 1490. The van der Waals surface area contributed by atoms with Crippen molar-refractivity contribution in [3.05, 3.63) is 94.0 Å². The average Bonchev–Trinajstić information content (AvgIpc) is 2.92. The molecule has 0 unspecified atom stereocenters. The van der Waals surface area contributed by atoms with E-state index in [1.54, 1.807) is 12.4 Å². The van der Waals surface area contributed by atoms with Gasteiger partial charge in [-0.2, -0.15) is 0 Å². The third kappa shape index (κ3) is 7.28. The quantitative estimate of drug-likeness (QED) is 0.189. The van der Waals surface area contributed by atoms with Crippen LogP contribution in [-0.4, -0.2) is 22.6 Å². The van der Waals surface area contributed by atoms with Crippen LogP contribution in [0.2, 0.25) is 0 Å². The number of phenolic OH excluding ortho intramolecular Hbond substituents is 2. The number of fused-ring (bicyclic) bond motifs is 1. The first-order valence-corrected chi connectivity index (χ1v) is 15.3. The minimum atomic E-state index is 0.203. The van der Waals surface area contributed by atoms with Crippen LogP contribution in [0, 0.1) is 11.8 Å². The van der Waals surface area contributed by atoms with E-state index in [2.05, 4.69) is 79.7 Å². The summed E-state index contributed by atoms with van der Waals surface area (Å²) in [6, 6.07) is 20.4. The molecular formula is C38H46N2O2. The highest BCUT2D eigenvalue weighted by molar-refractivity contribution is 6.04. The predicted octanol–water partition coefficient (Wildman–Crippen LogP) is 10.4. The Kier molecular flexibility index (Phi) is 9.88. The molecule has 0 aromatic heterocycles. The van der Waals surface area contributed by atoms with E-state index in [-0.39, 0.29) is 23.3 Å². The van der Waals surface area contributed by atoms with Crippen molar-refractivity contribution in [1.29, 1.82) is 0 Å². The van der Waals surface area contributed by atoms with Gasteiger partial charge >= 0.3 is 0 Å². The summed E-state index contributed by atoms with van der Waals surface area (Å²) < 4.78 is 0. The van der Waals surface area contributed by atoms with E-state index in [1.165, 1.54) is 11.1 Å². The third-order valence-electron chi connectivity index (χ3n) is 7.54. The van der Waals surface area contributed by atoms with Gasteiger partial charge in [-0.1, -0.05) is 91.8 Å². The Morgan fingerprint density at radius 2 is 1.00 bits per heavy atom. The molecule has 0 bridgehead atoms. The Hall–Kier alpha value is -3.92. The first-order valence-electron chi connectivity index (χ1n) is 15.3. The SMILES string of the molecule is CC(C)Cc1cc(C=Nc2cccc3cccc(N=Cc4cc(CC(C)C)cc(C(C)C)c4O)c23)c(O)c(C(C)C)c1. The Morgan fingerprint density at radius 1 is 0.595 bits per heavy atom. The number of phenols is 2. The number of aliphatic imine (C=N–C) groups is 2. The van der Waals surface area contributed by atoms with E-state index in [0.717, 1.165) is 57.2 Å². The van der Waals surface area contributed by atoms with Gasteiger partial charge in [0.15, 0.2) is 0 Å². The third-order valence-corrected chi connectivity index (χ3v) is 7.54. The minimum absolute atomic E-state index is 0.203. The van der Waals surface area contributed by atoms with Gasteiger partial charge in [0.25, 0.3) is 0 Å². The summed E-state index contributed by atoms with van der Waals surface area (Å²) in [6.45, 7) is 17.2. The van der Waals surface area contributed by atoms with E-state index in [1.807, 2.05) is 36.4 Å². The molecule has 0 spiro atoms. The summed E-state index contributed by atoms with van der Waals surface area (Å²) in [7, 11) is 0. The minimum Gasteiger partial charge on any atom is -0.507 e. The molecule has 4 rings (SSSR count). The van der Waals surface area contributed by atoms with Crippen LogP contribution in [0.4, 0.5) is 11.4 Å². The fourth-order valence-electron chi connectivity index (χ4n) is 5.54. The fraction of sp³-hybridized carbons (Fsp3) is 0.368. The van der Waals surface area contributed by atoms with Crippen molar-refractivity contribution in [2.75, 3.05) is 0 Å². The zero-order chi connectivity index (χ0) is 30.6. The molecule has 0 saturated heterocycles. The molecule has 0 amide bonds. The highest BCUT2D eigenvalue weighted by atomic mass is 16.3. The fourth-order valence-corrected chi connectivity index (χ4v) is 5.54. The van der Waals surface area contributed by atoms with Crippen LogP contribution in [-0.2, 0) is 12.8 Å². The lowest BCUT2D eigenvalue weighted by molar-refractivity contribution is 0.463. The highest BCUT2D eigenvalue weighted by Gasteiger charge is 2.15. The Morgan fingerprint density at radius 3 is 1.36 bits per heavy atom. The van der Waals surface area contributed by atoms with E-state index in [4.69, 9.17) is 9.98 Å². The van der Waals surface area contributed by atoms with Crippen LogP contribution in [0.5, 0.6) is 11.5 Å². The molecule has 42 heavy (non-hydrogen) atoms. The van der Waals surface area contributed by atoms with Gasteiger partial charge in [-0.3, -0.25) is 9.98 Å². The van der Waals surface area contributed by atoms with Crippen molar-refractivity contribution in [2.24, 2.45) is 21.8 Å². The summed E-state index contributed by atoms with van der Waals surface area (Å²) in [4.78, 5) is 9.79. The van der Waals surface area contributed by atoms with Crippen molar-refractivity contribution in [1.82, 2.24) is 0 Å². The van der Waals surface area contributed by atoms with E-state index in [0.29, 0.717) is 11.8 Å². The lowest BCUT2D eigenvalue weighted by Crippen LogP contribution is -2.00. The number of rotatable bonds is 10. The molecule has 4 aromatic carbocycles. The molecule has 0 aliphatic heterocycles. The lowest BCUT2D eigenvalue weighted by Gasteiger charge is -2.15. The molecule has 0 heterocycles. The zero-order valence-corrected chi connectivity index (χ0v) is 26.4. The summed E-state index contributed by atoms with van der Waals surface area (Å²) in [6.07, 6.45) is 5.43. The first-order chi connectivity index (χ1) is 19.9. The van der Waals surface area contributed by atoms with Crippen molar-refractivity contribution in [3.8, 4) is 11.5 Å². The number of aromatic hydroxyl groups is 2. The van der Waals surface area contributed by atoms with Crippen LogP contribution >= 0.6 is 0 Å². The smallest absolute Gasteiger partial charge is 0.127 e. The molecule has 4 nitrogen and oxygen atoms in total. The average molecular weight is 563 g/mol. The van der Waals surface area contributed by atoms with Gasteiger partial charge in [-0.25, -0.2) is 0 Å². The number of nitrogens with zero attached hydrogens (tertiary/aromatic N) is 2. The maximum Gasteiger partial charge on any atom is 0.127 e. The van der Waals surface area contributed by atoms with Crippen molar-refractivity contribution in [3.63, 3.8) is 0 Å². The lowest BCUT2D eigenvalue weighted by atomic mass is 9.93. The van der Waals surface area contributed by atoms with Gasteiger partial charge in [-0.05, 0) is 88.4 Å². The van der Waals surface area contributed by atoms with E-state index >= 15 is 0 Å². The Labute approximate surface area is 251 Å². The normalized spacial score (nSPS) is 12.4. The summed E-state index contributed by atoms with van der Waals surface area (Å²) in [5.74, 6) is 2.01. The molecule has 0 aliphatic rings. The van der Waals surface area contributed by atoms with Gasteiger partial charge in [-0.15, -0.1) is 0 Å². The van der Waals surface area contributed by atoms with Crippen LogP contribution in [0.25, 0.3) is 10.8 Å². The second-order valence-electron chi connectivity index (χ2n) is 12.9. The number of benzene rings is 4. The maximum atomic E-state index is 11.1.